The first kappa shape index (κ1) is 12.6. The Labute approximate surface area is 97.2 Å². The number of nitrogens with zero attached hydrogens (tertiary/aromatic N) is 2. The number of likely N-dealkylation sites (N-methyl/N-ethyl adjacent to an activating group) is 1. The standard InChI is InChI=1S/C9H14N4O2S/c1-2-13(4-7(11)14)9(15)6-5-16-8(3-10)12-6/h5H,2-4,10H2,1H3,(H2,11,14). The molecule has 2 amide bonds. The Morgan fingerprint density at radius 1 is 1.56 bits per heavy atom. The zero-order chi connectivity index (χ0) is 12.1. The van der Waals surface area contributed by atoms with E-state index in [1.807, 2.05) is 0 Å². The van der Waals surface area contributed by atoms with Crippen molar-refractivity contribution in [1.82, 2.24) is 9.88 Å². The predicted molar refractivity (Wildman–Crippen MR) is 60.8 cm³/mol. The fraction of sp³-hybridized carbons (Fsp3) is 0.444. The Morgan fingerprint density at radius 3 is 2.69 bits per heavy atom. The minimum Gasteiger partial charge on any atom is -0.368 e. The van der Waals surface area contributed by atoms with E-state index in [-0.39, 0.29) is 12.5 Å². The van der Waals surface area contributed by atoms with Gasteiger partial charge in [0.2, 0.25) is 5.91 Å². The average Bonchev–Trinajstić information content (AvgIpc) is 2.73. The normalized spacial score (nSPS) is 10.1. The Kier molecular flexibility index (Phi) is 4.39. The summed E-state index contributed by atoms with van der Waals surface area (Å²) in [7, 11) is 0. The molecule has 0 radical (unpaired) electrons. The number of hydrogen-bond acceptors (Lipinski definition) is 5. The number of carbonyl (C=O) groups is 2. The summed E-state index contributed by atoms with van der Waals surface area (Å²) in [6.07, 6.45) is 0. The van der Waals surface area contributed by atoms with Crippen LogP contribution in [0.1, 0.15) is 22.4 Å². The van der Waals surface area contributed by atoms with Gasteiger partial charge in [0.15, 0.2) is 0 Å². The van der Waals surface area contributed by atoms with Gasteiger partial charge in [-0.1, -0.05) is 0 Å². The van der Waals surface area contributed by atoms with E-state index in [1.165, 1.54) is 16.2 Å². The van der Waals surface area contributed by atoms with Gasteiger partial charge in [-0.2, -0.15) is 0 Å². The highest BCUT2D eigenvalue weighted by atomic mass is 32.1. The lowest BCUT2D eigenvalue weighted by molar-refractivity contribution is -0.118. The van der Waals surface area contributed by atoms with Crippen molar-refractivity contribution in [1.29, 1.82) is 0 Å². The molecular formula is C9H14N4O2S. The summed E-state index contributed by atoms with van der Waals surface area (Å²) in [5.74, 6) is -0.832. The first-order valence-corrected chi connectivity index (χ1v) is 5.68. The lowest BCUT2D eigenvalue weighted by atomic mass is 10.3. The van der Waals surface area contributed by atoms with Crippen LogP contribution < -0.4 is 11.5 Å². The monoisotopic (exact) mass is 242 g/mol. The van der Waals surface area contributed by atoms with Crippen LogP contribution in [0.25, 0.3) is 0 Å². The number of thiazole rings is 1. The largest absolute Gasteiger partial charge is 0.368 e. The number of amides is 2. The van der Waals surface area contributed by atoms with Crippen LogP contribution in [0.2, 0.25) is 0 Å². The fourth-order valence-electron chi connectivity index (χ4n) is 1.18. The van der Waals surface area contributed by atoms with Crippen molar-refractivity contribution in [2.24, 2.45) is 11.5 Å². The van der Waals surface area contributed by atoms with Gasteiger partial charge in [-0.05, 0) is 6.92 Å². The third-order valence-electron chi connectivity index (χ3n) is 1.96. The number of aromatic nitrogens is 1. The Bertz CT molecular complexity index is 391. The van der Waals surface area contributed by atoms with Crippen molar-refractivity contribution < 1.29 is 9.59 Å². The van der Waals surface area contributed by atoms with Crippen molar-refractivity contribution in [2.45, 2.75) is 13.5 Å². The second-order valence-electron chi connectivity index (χ2n) is 3.12. The van der Waals surface area contributed by atoms with E-state index in [1.54, 1.807) is 12.3 Å². The van der Waals surface area contributed by atoms with E-state index in [0.29, 0.717) is 23.8 Å². The van der Waals surface area contributed by atoms with Gasteiger partial charge in [0, 0.05) is 18.5 Å². The van der Waals surface area contributed by atoms with E-state index in [0.717, 1.165) is 0 Å². The van der Waals surface area contributed by atoms with Gasteiger partial charge in [-0.3, -0.25) is 9.59 Å². The van der Waals surface area contributed by atoms with Crippen LogP contribution in [0, 0.1) is 0 Å². The summed E-state index contributed by atoms with van der Waals surface area (Å²) in [4.78, 5) is 28.0. The van der Waals surface area contributed by atoms with Crippen molar-refractivity contribution in [3.05, 3.63) is 16.1 Å². The highest BCUT2D eigenvalue weighted by molar-refractivity contribution is 7.09. The molecule has 1 aromatic rings. The summed E-state index contributed by atoms with van der Waals surface area (Å²) in [5.41, 5.74) is 10.8. The van der Waals surface area contributed by atoms with E-state index in [9.17, 15) is 9.59 Å². The SMILES string of the molecule is CCN(CC(N)=O)C(=O)c1csc(CN)n1. The lowest BCUT2D eigenvalue weighted by Gasteiger charge is -2.17. The summed E-state index contributed by atoms with van der Waals surface area (Å²) in [6.45, 7) is 2.40. The van der Waals surface area contributed by atoms with Crippen LogP contribution in [-0.2, 0) is 11.3 Å². The van der Waals surface area contributed by atoms with Crippen molar-refractivity contribution >= 4 is 23.2 Å². The molecule has 0 aliphatic heterocycles. The number of primary amides is 1. The van der Waals surface area contributed by atoms with Gasteiger partial charge >= 0.3 is 0 Å². The molecule has 0 aromatic carbocycles. The molecule has 0 saturated heterocycles. The van der Waals surface area contributed by atoms with Crippen molar-refractivity contribution in [3.63, 3.8) is 0 Å². The van der Waals surface area contributed by atoms with Gasteiger partial charge in [-0.25, -0.2) is 4.98 Å². The third kappa shape index (κ3) is 3.01. The molecule has 0 aliphatic rings. The van der Waals surface area contributed by atoms with Crippen LogP contribution in [0.4, 0.5) is 0 Å². The molecule has 16 heavy (non-hydrogen) atoms. The topological polar surface area (TPSA) is 102 Å². The van der Waals surface area contributed by atoms with Crippen LogP contribution in [-0.4, -0.2) is 34.8 Å². The van der Waals surface area contributed by atoms with E-state index < -0.39 is 5.91 Å². The molecule has 7 heteroatoms. The highest BCUT2D eigenvalue weighted by Crippen LogP contribution is 2.11. The van der Waals surface area contributed by atoms with Crippen LogP contribution >= 0.6 is 11.3 Å². The first-order chi connectivity index (χ1) is 7.58. The molecule has 0 aliphatic carbocycles. The van der Waals surface area contributed by atoms with E-state index >= 15 is 0 Å². The maximum atomic E-state index is 11.9. The number of nitrogens with two attached hydrogens (primary N) is 2. The molecular weight excluding hydrogens is 228 g/mol. The molecule has 1 rings (SSSR count). The van der Waals surface area contributed by atoms with Gasteiger partial charge < -0.3 is 16.4 Å². The van der Waals surface area contributed by atoms with Crippen molar-refractivity contribution in [3.8, 4) is 0 Å². The molecule has 1 aromatic heterocycles. The fourth-order valence-corrected chi connectivity index (χ4v) is 1.83. The second-order valence-corrected chi connectivity index (χ2v) is 4.06. The van der Waals surface area contributed by atoms with E-state index in [4.69, 9.17) is 11.5 Å². The average molecular weight is 242 g/mol. The first-order valence-electron chi connectivity index (χ1n) is 4.80. The van der Waals surface area contributed by atoms with E-state index in [2.05, 4.69) is 4.98 Å². The molecule has 0 fully saturated rings. The molecule has 4 N–H and O–H groups in total. The zero-order valence-electron chi connectivity index (χ0n) is 8.97. The summed E-state index contributed by atoms with van der Waals surface area (Å²) < 4.78 is 0. The summed E-state index contributed by atoms with van der Waals surface area (Å²) in [6, 6.07) is 0. The van der Waals surface area contributed by atoms with Gasteiger partial charge in [0.05, 0.1) is 6.54 Å². The second kappa shape index (κ2) is 5.57. The minimum absolute atomic E-state index is 0.0924. The van der Waals surface area contributed by atoms with Crippen LogP contribution in [0.3, 0.4) is 0 Å². The maximum absolute atomic E-state index is 11.9. The molecule has 0 saturated carbocycles. The third-order valence-corrected chi connectivity index (χ3v) is 2.83. The maximum Gasteiger partial charge on any atom is 0.273 e. The highest BCUT2D eigenvalue weighted by Gasteiger charge is 2.18. The minimum atomic E-state index is -0.538. The Hall–Kier alpha value is -1.47. The predicted octanol–water partition coefficient (Wildman–Crippen LogP) is -0.451. The molecule has 0 atom stereocenters. The lowest BCUT2D eigenvalue weighted by Crippen LogP contribution is -2.38. The Morgan fingerprint density at radius 2 is 2.25 bits per heavy atom. The number of rotatable bonds is 5. The molecule has 6 nitrogen and oxygen atoms in total. The number of carbonyl (C=O) groups excluding carboxylic acids is 2. The summed E-state index contributed by atoms with van der Waals surface area (Å²) in [5, 5.41) is 2.33. The Balaban J connectivity index is 2.78. The smallest absolute Gasteiger partial charge is 0.273 e. The molecule has 0 spiro atoms. The quantitative estimate of drug-likeness (QED) is 0.730. The van der Waals surface area contributed by atoms with Crippen LogP contribution in [0.15, 0.2) is 5.38 Å². The molecule has 1 heterocycles. The van der Waals surface area contributed by atoms with Gasteiger partial charge in [0.1, 0.15) is 10.7 Å². The molecule has 88 valence electrons. The molecule has 0 bridgehead atoms. The van der Waals surface area contributed by atoms with Gasteiger partial charge in [-0.15, -0.1) is 11.3 Å². The van der Waals surface area contributed by atoms with Gasteiger partial charge in [0.25, 0.3) is 5.91 Å². The number of hydrogen-bond donors (Lipinski definition) is 2. The zero-order valence-corrected chi connectivity index (χ0v) is 9.79. The molecule has 0 unspecified atom stereocenters. The van der Waals surface area contributed by atoms with Crippen molar-refractivity contribution in [2.75, 3.05) is 13.1 Å². The van der Waals surface area contributed by atoms with Crippen LogP contribution in [0.5, 0.6) is 0 Å². The summed E-state index contributed by atoms with van der Waals surface area (Å²) >= 11 is 1.32.